The molecule has 1 aromatic heterocycles. The van der Waals surface area contributed by atoms with Crippen LogP contribution >= 0.6 is 0 Å². The molecule has 4 fully saturated rings. The SMILES string of the molecule is C/C(=N\OCC(=O)O)c1nc2ccccc2n([C@H]2C[C@H]3CCC[C@@H](C2)N3[C@@H]2C[C@@H]3CCCC[C@@H](C3)C2)c1=O. The van der Waals surface area contributed by atoms with E-state index in [0.717, 1.165) is 35.7 Å². The van der Waals surface area contributed by atoms with Gasteiger partial charge in [0, 0.05) is 24.2 Å². The first-order chi connectivity index (χ1) is 18.5. The van der Waals surface area contributed by atoms with Crippen LogP contribution in [0.25, 0.3) is 11.0 Å². The van der Waals surface area contributed by atoms with Crippen LogP contribution in [-0.2, 0) is 9.63 Å². The largest absolute Gasteiger partial charge is 0.479 e. The molecule has 38 heavy (non-hydrogen) atoms. The van der Waals surface area contributed by atoms with Crippen molar-refractivity contribution < 1.29 is 14.7 Å². The lowest BCUT2D eigenvalue weighted by Crippen LogP contribution is -2.58. The summed E-state index contributed by atoms with van der Waals surface area (Å²) in [5, 5.41) is 12.8. The second-order valence-corrected chi connectivity index (χ2v) is 12.2. The molecule has 1 aromatic carbocycles. The van der Waals surface area contributed by atoms with Crippen molar-refractivity contribution in [2.24, 2.45) is 17.0 Å². The standard InChI is InChI=1S/C30H40N4O4/c1-19(32-38-18-28(35)36)29-30(37)34(27-12-5-4-11-26(27)31-29)25-16-22-9-6-10-23(17-25)33(22)24-14-20-7-2-3-8-21(13-20)15-24/h4-5,11-12,20-25H,2-3,6-10,13-18H2,1H3,(H,35,36)/b32-19+/t20-,21+,22-,23+,24-,25+. The summed E-state index contributed by atoms with van der Waals surface area (Å²) in [6.45, 7) is 1.11. The van der Waals surface area contributed by atoms with E-state index in [0.29, 0.717) is 23.8 Å². The summed E-state index contributed by atoms with van der Waals surface area (Å²) in [4.78, 5) is 37.3. The van der Waals surface area contributed by atoms with Gasteiger partial charge in [0.05, 0.1) is 11.0 Å². The van der Waals surface area contributed by atoms with Crippen molar-refractivity contribution in [2.45, 2.75) is 108 Å². The van der Waals surface area contributed by atoms with Gasteiger partial charge in [-0.25, -0.2) is 9.78 Å². The number of aromatic nitrogens is 2. The average Bonchev–Trinajstić information content (AvgIpc) is 3.06. The first kappa shape index (κ1) is 25.5. The van der Waals surface area contributed by atoms with Crippen LogP contribution in [0.3, 0.4) is 0 Å². The molecule has 4 bridgehead atoms. The molecule has 2 aliphatic carbocycles. The fourth-order valence-electron chi connectivity index (χ4n) is 8.29. The number of carbonyl (C=O) groups is 1. The summed E-state index contributed by atoms with van der Waals surface area (Å²) in [6, 6.07) is 9.68. The lowest BCUT2D eigenvalue weighted by Gasteiger charge is -2.54. The third-order valence-corrected chi connectivity index (χ3v) is 9.67. The fraction of sp³-hybridized carbons (Fsp3) is 0.667. The molecular formula is C30H40N4O4. The molecule has 1 N–H and O–H groups in total. The molecule has 8 nitrogen and oxygen atoms in total. The van der Waals surface area contributed by atoms with Crippen molar-refractivity contribution >= 4 is 22.7 Å². The zero-order chi connectivity index (χ0) is 26.2. The van der Waals surface area contributed by atoms with Crippen molar-refractivity contribution in [3.05, 3.63) is 40.3 Å². The van der Waals surface area contributed by atoms with E-state index in [4.69, 9.17) is 9.94 Å². The number of para-hydroxylation sites is 2. The third-order valence-electron chi connectivity index (χ3n) is 9.67. The van der Waals surface area contributed by atoms with Gasteiger partial charge >= 0.3 is 5.97 Å². The molecule has 6 atom stereocenters. The number of carboxylic acids is 1. The highest BCUT2D eigenvalue weighted by atomic mass is 16.6. The molecule has 0 amide bonds. The lowest BCUT2D eigenvalue weighted by atomic mass is 9.73. The zero-order valence-electron chi connectivity index (χ0n) is 22.4. The van der Waals surface area contributed by atoms with Crippen LogP contribution < -0.4 is 5.56 Å². The molecule has 2 aromatic rings. The number of nitrogens with zero attached hydrogens (tertiary/aromatic N) is 4. The number of piperidine rings is 2. The predicted octanol–water partition coefficient (Wildman–Crippen LogP) is 5.14. The molecule has 6 rings (SSSR count). The van der Waals surface area contributed by atoms with Crippen LogP contribution in [0.4, 0.5) is 0 Å². The highest BCUT2D eigenvalue weighted by Crippen LogP contribution is 2.46. The van der Waals surface area contributed by atoms with Gasteiger partial charge in [0.1, 0.15) is 5.71 Å². The quantitative estimate of drug-likeness (QED) is 0.419. The molecular weight excluding hydrogens is 480 g/mol. The Balaban J connectivity index is 1.31. The Morgan fingerprint density at radius 3 is 2.32 bits per heavy atom. The average molecular weight is 521 g/mol. The van der Waals surface area contributed by atoms with E-state index in [1.807, 2.05) is 28.8 Å². The molecule has 0 unspecified atom stereocenters. The monoisotopic (exact) mass is 520 g/mol. The van der Waals surface area contributed by atoms with Crippen LogP contribution in [0.1, 0.15) is 95.7 Å². The van der Waals surface area contributed by atoms with Gasteiger partial charge in [-0.15, -0.1) is 0 Å². The lowest BCUT2D eigenvalue weighted by molar-refractivity contribution is -0.142. The second-order valence-electron chi connectivity index (χ2n) is 12.2. The molecule has 2 saturated carbocycles. The Morgan fingerprint density at radius 2 is 1.63 bits per heavy atom. The van der Waals surface area contributed by atoms with Crippen molar-refractivity contribution in [2.75, 3.05) is 6.61 Å². The Labute approximate surface area is 224 Å². The third kappa shape index (κ3) is 4.99. The number of oxime groups is 1. The molecule has 8 heteroatoms. The first-order valence-corrected chi connectivity index (χ1v) is 14.7. The summed E-state index contributed by atoms with van der Waals surface area (Å²) in [6.07, 6.45) is 15.5. The van der Waals surface area contributed by atoms with Gasteiger partial charge in [0.2, 0.25) is 6.61 Å². The van der Waals surface area contributed by atoms with Crippen LogP contribution in [-0.4, -0.2) is 56.0 Å². The maximum Gasteiger partial charge on any atom is 0.344 e. The minimum Gasteiger partial charge on any atom is -0.479 e. The highest BCUT2D eigenvalue weighted by Gasteiger charge is 2.45. The van der Waals surface area contributed by atoms with Crippen LogP contribution in [0, 0.1) is 11.8 Å². The number of benzene rings is 1. The summed E-state index contributed by atoms with van der Waals surface area (Å²) < 4.78 is 1.97. The molecule has 204 valence electrons. The van der Waals surface area contributed by atoms with Crippen molar-refractivity contribution in [1.82, 2.24) is 14.5 Å². The number of hydrogen-bond donors (Lipinski definition) is 1. The topological polar surface area (TPSA) is 97.0 Å². The zero-order valence-corrected chi connectivity index (χ0v) is 22.4. The Hall–Kier alpha value is -2.74. The van der Waals surface area contributed by atoms with Gasteiger partial charge in [-0.1, -0.05) is 49.4 Å². The number of carboxylic acid groups (broad SMARTS) is 1. The van der Waals surface area contributed by atoms with E-state index in [1.54, 1.807) is 6.92 Å². The normalized spacial score (nSPS) is 32.1. The van der Waals surface area contributed by atoms with Crippen LogP contribution in [0.15, 0.2) is 34.2 Å². The number of rotatable bonds is 6. The van der Waals surface area contributed by atoms with E-state index in [1.165, 1.54) is 64.2 Å². The number of fused-ring (bicyclic) bond motifs is 5. The van der Waals surface area contributed by atoms with Gasteiger partial charge < -0.3 is 14.5 Å². The van der Waals surface area contributed by atoms with Crippen LogP contribution in [0.2, 0.25) is 0 Å². The Bertz CT molecular complexity index is 1240. The summed E-state index contributed by atoms with van der Waals surface area (Å²) >= 11 is 0. The van der Waals surface area contributed by atoms with Gasteiger partial charge in [-0.05, 0) is 75.8 Å². The fourth-order valence-corrected chi connectivity index (χ4v) is 8.29. The molecule has 4 aliphatic rings. The van der Waals surface area contributed by atoms with E-state index >= 15 is 0 Å². The van der Waals surface area contributed by atoms with E-state index < -0.39 is 12.6 Å². The minimum absolute atomic E-state index is 0.110. The van der Waals surface area contributed by atoms with Crippen molar-refractivity contribution in [3.63, 3.8) is 0 Å². The smallest absolute Gasteiger partial charge is 0.344 e. The molecule has 2 saturated heterocycles. The molecule has 3 heterocycles. The summed E-state index contributed by atoms with van der Waals surface area (Å²) in [5.41, 5.74) is 1.99. The van der Waals surface area contributed by atoms with Gasteiger partial charge in [0.25, 0.3) is 5.56 Å². The van der Waals surface area contributed by atoms with Crippen molar-refractivity contribution in [3.8, 4) is 0 Å². The van der Waals surface area contributed by atoms with Crippen molar-refractivity contribution in [1.29, 1.82) is 0 Å². The van der Waals surface area contributed by atoms with E-state index in [9.17, 15) is 9.59 Å². The van der Waals surface area contributed by atoms with Gasteiger partial charge in [0.15, 0.2) is 5.69 Å². The Morgan fingerprint density at radius 1 is 0.947 bits per heavy atom. The maximum absolute atomic E-state index is 13.9. The maximum atomic E-state index is 13.9. The molecule has 0 spiro atoms. The van der Waals surface area contributed by atoms with Gasteiger partial charge in [-0.2, -0.15) is 0 Å². The van der Waals surface area contributed by atoms with E-state index in [2.05, 4.69) is 15.0 Å². The minimum atomic E-state index is -1.11. The van der Waals surface area contributed by atoms with Gasteiger partial charge in [-0.3, -0.25) is 9.69 Å². The Kier molecular flexibility index (Phi) is 7.25. The van der Waals surface area contributed by atoms with Crippen LogP contribution in [0.5, 0.6) is 0 Å². The van der Waals surface area contributed by atoms with E-state index in [-0.39, 0.29) is 17.3 Å². The number of aliphatic carboxylic acids is 1. The summed E-state index contributed by atoms with van der Waals surface area (Å²) in [5.74, 6) is 0.695. The number of hydrogen-bond acceptors (Lipinski definition) is 6. The second kappa shape index (κ2) is 10.8. The highest BCUT2D eigenvalue weighted by molar-refractivity contribution is 5.97. The first-order valence-electron chi connectivity index (χ1n) is 14.7. The molecule has 0 radical (unpaired) electrons. The predicted molar refractivity (Wildman–Crippen MR) is 146 cm³/mol. The molecule has 2 aliphatic heterocycles. The summed E-state index contributed by atoms with van der Waals surface area (Å²) in [7, 11) is 0.